The number of ether oxygens (including phenoxy) is 1. The van der Waals surface area contributed by atoms with Crippen LogP contribution in [-0.2, 0) is 13.1 Å². The van der Waals surface area contributed by atoms with Gasteiger partial charge in [0.2, 0.25) is 0 Å². The fraction of sp³-hybridized carbons (Fsp3) is 0.308. The van der Waals surface area contributed by atoms with Crippen LogP contribution in [0.25, 0.3) is 0 Å². The van der Waals surface area contributed by atoms with Crippen LogP contribution in [0, 0.1) is 12.7 Å². The molecule has 18 heavy (non-hydrogen) atoms. The van der Waals surface area contributed by atoms with Crippen molar-refractivity contribution in [2.75, 3.05) is 7.11 Å². The quantitative estimate of drug-likeness (QED) is 0.899. The van der Waals surface area contributed by atoms with Gasteiger partial charge in [-0.2, -0.15) is 0 Å². The number of halogens is 1. The highest BCUT2D eigenvalue weighted by Crippen LogP contribution is 2.18. The number of methoxy groups -OCH3 is 1. The molecule has 96 valence electrons. The highest BCUT2D eigenvalue weighted by molar-refractivity contribution is 5.29. The molecule has 2 rings (SSSR count). The second kappa shape index (κ2) is 5.18. The Labute approximate surface area is 105 Å². The Kier molecular flexibility index (Phi) is 3.62. The molecule has 5 heteroatoms. The van der Waals surface area contributed by atoms with Crippen molar-refractivity contribution in [2.45, 2.75) is 20.0 Å². The number of hydrogen-bond acceptors (Lipinski definition) is 3. The van der Waals surface area contributed by atoms with Crippen molar-refractivity contribution < 1.29 is 9.13 Å². The fourth-order valence-corrected chi connectivity index (χ4v) is 1.84. The van der Waals surface area contributed by atoms with Gasteiger partial charge in [-0.25, -0.2) is 9.37 Å². The van der Waals surface area contributed by atoms with Crippen LogP contribution in [0.4, 0.5) is 4.39 Å². The molecule has 0 bridgehead atoms. The Morgan fingerprint density at radius 1 is 1.44 bits per heavy atom. The van der Waals surface area contributed by atoms with Crippen molar-refractivity contribution >= 4 is 0 Å². The average molecular weight is 249 g/mol. The van der Waals surface area contributed by atoms with Crippen LogP contribution in [0.1, 0.15) is 17.1 Å². The summed E-state index contributed by atoms with van der Waals surface area (Å²) < 4.78 is 20.4. The van der Waals surface area contributed by atoms with E-state index >= 15 is 0 Å². The smallest absolute Gasteiger partial charge is 0.165 e. The van der Waals surface area contributed by atoms with Crippen LogP contribution in [0.15, 0.2) is 24.4 Å². The van der Waals surface area contributed by atoms with E-state index in [9.17, 15) is 4.39 Å². The van der Waals surface area contributed by atoms with Crippen LogP contribution in [0.2, 0.25) is 0 Å². The van der Waals surface area contributed by atoms with E-state index in [4.69, 9.17) is 10.5 Å². The maximum atomic E-state index is 13.6. The molecule has 0 aliphatic rings. The minimum atomic E-state index is -0.355. The molecule has 2 N–H and O–H groups in total. The molecule has 0 saturated carbocycles. The molecule has 2 aromatic rings. The summed E-state index contributed by atoms with van der Waals surface area (Å²) in [6.07, 6.45) is 1.89. The van der Waals surface area contributed by atoms with Crippen molar-refractivity contribution in [1.82, 2.24) is 9.55 Å². The molecular formula is C13H16FN3O. The average Bonchev–Trinajstić information content (AvgIpc) is 2.70. The van der Waals surface area contributed by atoms with Gasteiger partial charge in [0.25, 0.3) is 0 Å². The molecule has 0 unspecified atom stereocenters. The lowest BCUT2D eigenvalue weighted by molar-refractivity contribution is 0.386. The fourth-order valence-electron chi connectivity index (χ4n) is 1.84. The molecule has 0 radical (unpaired) electrons. The molecule has 0 saturated heterocycles. The summed E-state index contributed by atoms with van der Waals surface area (Å²) >= 11 is 0. The normalized spacial score (nSPS) is 10.7. The SMILES string of the molecule is COc1ccc(Cn2cc(CN)nc2C)cc1F. The highest BCUT2D eigenvalue weighted by atomic mass is 19.1. The molecule has 0 aliphatic heterocycles. The van der Waals surface area contributed by atoms with Gasteiger partial charge in [0.05, 0.1) is 12.8 Å². The van der Waals surface area contributed by atoms with Crippen molar-refractivity contribution in [2.24, 2.45) is 5.73 Å². The van der Waals surface area contributed by atoms with Crippen LogP contribution in [0.5, 0.6) is 5.75 Å². The minimum Gasteiger partial charge on any atom is -0.494 e. The zero-order chi connectivity index (χ0) is 13.1. The third-order valence-corrected chi connectivity index (χ3v) is 2.80. The molecule has 0 spiro atoms. The van der Waals surface area contributed by atoms with Gasteiger partial charge >= 0.3 is 0 Å². The summed E-state index contributed by atoms with van der Waals surface area (Å²) in [6, 6.07) is 4.94. The second-order valence-electron chi connectivity index (χ2n) is 4.08. The summed E-state index contributed by atoms with van der Waals surface area (Å²) in [5.41, 5.74) is 7.23. The largest absolute Gasteiger partial charge is 0.494 e. The summed E-state index contributed by atoms with van der Waals surface area (Å²) in [5.74, 6) is 0.766. The van der Waals surface area contributed by atoms with E-state index in [-0.39, 0.29) is 11.6 Å². The summed E-state index contributed by atoms with van der Waals surface area (Å²) in [7, 11) is 1.45. The van der Waals surface area contributed by atoms with Gasteiger partial charge in [-0.05, 0) is 24.6 Å². The van der Waals surface area contributed by atoms with Gasteiger partial charge in [-0.15, -0.1) is 0 Å². The Morgan fingerprint density at radius 2 is 2.22 bits per heavy atom. The highest BCUT2D eigenvalue weighted by Gasteiger charge is 2.06. The summed E-state index contributed by atoms with van der Waals surface area (Å²) in [4.78, 5) is 4.30. The number of nitrogens with two attached hydrogens (primary N) is 1. The zero-order valence-corrected chi connectivity index (χ0v) is 10.5. The molecule has 4 nitrogen and oxygen atoms in total. The van der Waals surface area contributed by atoms with Crippen molar-refractivity contribution in [3.63, 3.8) is 0 Å². The Hall–Kier alpha value is -1.88. The topological polar surface area (TPSA) is 53.1 Å². The summed E-state index contributed by atoms with van der Waals surface area (Å²) in [5, 5.41) is 0. The second-order valence-corrected chi connectivity index (χ2v) is 4.08. The molecule has 0 fully saturated rings. The van der Waals surface area contributed by atoms with Gasteiger partial charge < -0.3 is 15.0 Å². The third-order valence-electron chi connectivity index (χ3n) is 2.80. The van der Waals surface area contributed by atoms with Crippen molar-refractivity contribution in [3.8, 4) is 5.75 Å². The number of aryl methyl sites for hydroxylation is 1. The van der Waals surface area contributed by atoms with Gasteiger partial charge in [-0.3, -0.25) is 0 Å². The van der Waals surface area contributed by atoms with Gasteiger partial charge in [0.1, 0.15) is 5.82 Å². The van der Waals surface area contributed by atoms with Crippen molar-refractivity contribution in [3.05, 3.63) is 47.3 Å². The first-order chi connectivity index (χ1) is 8.63. The minimum absolute atomic E-state index is 0.253. The van der Waals surface area contributed by atoms with Crippen LogP contribution in [-0.4, -0.2) is 16.7 Å². The van der Waals surface area contributed by atoms with Crippen LogP contribution < -0.4 is 10.5 Å². The van der Waals surface area contributed by atoms with E-state index in [2.05, 4.69) is 4.98 Å². The first-order valence-electron chi connectivity index (χ1n) is 5.69. The zero-order valence-electron chi connectivity index (χ0n) is 10.5. The van der Waals surface area contributed by atoms with E-state index in [1.165, 1.54) is 13.2 Å². The van der Waals surface area contributed by atoms with Gasteiger partial charge in [0, 0.05) is 19.3 Å². The van der Waals surface area contributed by atoms with E-state index in [0.29, 0.717) is 13.1 Å². The molecule has 0 amide bonds. The van der Waals surface area contributed by atoms with Gasteiger partial charge in [-0.1, -0.05) is 6.07 Å². The number of imidazole rings is 1. The Bertz CT molecular complexity index is 551. The predicted molar refractivity (Wildman–Crippen MR) is 66.9 cm³/mol. The number of benzene rings is 1. The van der Waals surface area contributed by atoms with Crippen molar-refractivity contribution in [1.29, 1.82) is 0 Å². The molecule has 1 heterocycles. The lowest BCUT2D eigenvalue weighted by Gasteiger charge is -2.07. The maximum Gasteiger partial charge on any atom is 0.165 e. The lowest BCUT2D eigenvalue weighted by atomic mass is 10.2. The number of hydrogen-bond donors (Lipinski definition) is 1. The number of rotatable bonds is 4. The molecular weight excluding hydrogens is 233 g/mol. The van der Waals surface area contributed by atoms with Crippen LogP contribution >= 0.6 is 0 Å². The van der Waals surface area contributed by atoms with Crippen LogP contribution in [0.3, 0.4) is 0 Å². The van der Waals surface area contributed by atoms with E-state index in [1.54, 1.807) is 6.07 Å². The molecule has 1 aromatic heterocycles. The molecule has 1 aromatic carbocycles. The monoisotopic (exact) mass is 249 g/mol. The first kappa shape index (κ1) is 12.6. The first-order valence-corrected chi connectivity index (χ1v) is 5.69. The van der Waals surface area contributed by atoms with E-state index in [1.807, 2.05) is 23.8 Å². The summed E-state index contributed by atoms with van der Waals surface area (Å²) in [6.45, 7) is 2.88. The number of aromatic nitrogens is 2. The Balaban J connectivity index is 2.22. The predicted octanol–water partition coefficient (Wildman–Crippen LogP) is 1.85. The number of nitrogens with zero attached hydrogens (tertiary/aromatic N) is 2. The van der Waals surface area contributed by atoms with E-state index in [0.717, 1.165) is 17.1 Å². The molecule has 0 aliphatic carbocycles. The standard InChI is InChI=1S/C13H16FN3O/c1-9-16-11(6-15)8-17(9)7-10-3-4-13(18-2)12(14)5-10/h3-5,8H,6-7,15H2,1-2H3. The van der Waals surface area contributed by atoms with E-state index < -0.39 is 0 Å². The van der Waals surface area contributed by atoms with Gasteiger partial charge in [0.15, 0.2) is 11.6 Å². The maximum absolute atomic E-state index is 13.6. The Morgan fingerprint density at radius 3 is 2.78 bits per heavy atom. The lowest BCUT2D eigenvalue weighted by Crippen LogP contribution is -2.01. The third kappa shape index (κ3) is 2.51. The molecule has 0 atom stereocenters.